The molecular formula is C12H19N3O. The second kappa shape index (κ2) is 4.70. The quantitative estimate of drug-likeness (QED) is 0.739. The number of piperazine rings is 1. The lowest BCUT2D eigenvalue weighted by Gasteiger charge is -2.33. The summed E-state index contributed by atoms with van der Waals surface area (Å²) in [6, 6.07) is 1.88. The molecule has 0 aliphatic carbocycles. The van der Waals surface area contributed by atoms with Crippen LogP contribution in [0.25, 0.3) is 0 Å². The zero-order chi connectivity index (χ0) is 11.5. The van der Waals surface area contributed by atoms with Crippen molar-refractivity contribution in [3.05, 3.63) is 24.0 Å². The van der Waals surface area contributed by atoms with Gasteiger partial charge in [-0.15, -0.1) is 0 Å². The van der Waals surface area contributed by atoms with Crippen LogP contribution in [-0.2, 0) is 7.05 Å². The number of carbonyl (C=O) groups excluding carboxylic acids is 1. The van der Waals surface area contributed by atoms with Crippen molar-refractivity contribution >= 4 is 5.91 Å². The van der Waals surface area contributed by atoms with Crippen LogP contribution in [-0.4, -0.2) is 53.0 Å². The molecule has 0 N–H and O–H groups in total. The number of aryl methyl sites for hydroxylation is 1. The van der Waals surface area contributed by atoms with E-state index in [0.29, 0.717) is 0 Å². The minimum absolute atomic E-state index is 0.163. The Kier molecular flexibility index (Phi) is 3.29. The van der Waals surface area contributed by atoms with Crippen molar-refractivity contribution in [2.45, 2.75) is 6.92 Å². The molecule has 2 heterocycles. The van der Waals surface area contributed by atoms with Gasteiger partial charge in [0.2, 0.25) is 0 Å². The summed E-state index contributed by atoms with van der Waals surface area (Å²) in [4.78, 5) is 16.4. The summed E-state index contributed by atoms with van der Waals surface area (Å²) in [5.41, 5.74) is 0.799. The van der Waals surface area contributed by atoms with Gasteiger partial charge in [0.05, 0.1) is 5.56 Å². The van der Waals surface area contributed by atoms with Gasteiger partial charge in [0.1, 0.15) is 0 Å². The van der Waals surface area contributed by atoms with Crippen molar-refractivity contribution in [1.82, 2.24) is 14.4 Å². The van der Waals surface area contributed by atoms with Crippen LogP contribution in [0.15, 0.2) is 18.5 Å². The predicted octanol–water partition coefficient (Wildman–Crippen LogP) is 0.803. The zero-order valence-electron chi connectivity index (χ0n) is 10.0. The minimum atomic E-state index is 0.163. The van der Waals surface area contributed by atoms with E-state index in [1.165, 1.54) is 0 Å². The van der Waals surface area contributed by atoms with Crippen LogP contribution < -0.4 is 0 Å². The van der Waals surface area contributed by atoms with Crippen LogP contribution in [0.3, 0.4) is 0 Å². The van der Waals surface area contributed by atoms with Gasteiger partial charge >= 0.3 is 0 Å². The number of carbonyl (C=O) groups is 1. The molecule has 0 unspecified atom stereocenters. The average Bonchev–Trinajstić information content (AvgIpc) is 2.75. The van der Waals surface area contributed by atoms with E-state index in [9.17, 15) is 4.79 Å². The van der Waals surface area contributed by atoms with Gasteiger partial charge in [0, 0.05) is 45.6 Å². The van der Waals surface area contributed by atoms with E-state index >= 15 is 0 Å². The van der Waals surface area contributed by atoms with Gasteiger partial charge in [-0.1, -0.05) is 6.92 Å². The first-order valence-corrected chi connectivity index (χ1v) is 5.84. The maximum atomic E-state index is 12.1. The van der Waals surface area contributed by atoms with Crippen LogP contribution >= 0.6 is 0 Å². The minimum Gasteiger partial charge on any atom is -0.356 e. The Labute approximate surface area is 96.4 Å². The van der Waals surface area contributed by atoms with Gasteiger partial charge in [0.25, 0.3) is 5.91 Å². The summed E-state index contributed by atoms with van der Waals surface area (Å²) in [5, 5.41) is 0. The summed E-state index contributed by atoms with van der Waals surface area (Å²) in [5.74, 6) is 0.163. The van der Waals surface area contributed by atoms with E-state index in [-0.39, 0.29) is 5.91 Å². The first-order chi connectivity index (χ1) is 7.70. The van der Waals surface area contributed by atoms with Crippen LogP contribution in [0.5, 0.6) is 0 Å². The molecule has 1 amide bonds. The van der Waals surface area contributed by atoms with E-state index < -0.39 is 0 Å². The number of hydrogen-bond acceptors (Lipinski definition) is 2. The van der Waals surface area contributed by atoms with Gasteiger partial charge in [-0.05, 0) is 12.6 Å². The van der Waals surface area contributed by atoms with E-state index in [4.69, 9.17) is 0 Å². The molecule has 1 aromatic rings. The molecule has 2 rings (SSSR count). The Hall–Kier alpha value is -1.29. The predicted molar refractivity (Wildman–Crippen MR) is 63.4 cm³/mol. The number of nitrogens with zero attached hydrogens (tertiary/aromatic N) is 3. The lowest BCUT2D eigenvalue weighted by atomic mass is 10.2. The van der Waals surface area contributed by atoms with E-state index in [0.717, 1.165) is 38.3 Å². The summed E-state index contributed by atoms with van der Waals surface area (Å²) in [7, 11) is 1.94. The molecule has 1 saturated heterocycles. The zero-order valence-corrected chi connectivity index (χ0v) is 10.0. The fourth-order valence-electron chi connectivity index (χ4n) is 2.08. The first-order valence-electron chi connectivity index (χ1n) is 5.84. The van der Waals surface area contributed by atoms with Gasteiger partial charge in [0.15, 0.2) is 0 Å². The third-order valence-corrected chi connectivity index (χ3v) is 3.19. The number of likely N-dealkylation sites (N-methyl/N-ethyl adjacent to an activating group) is 1. The highest BCUT2D eigenvalue weighted by atomic mass is 16.2. The lowest BCUT2D eigenvalue weighted by Crippen LogP contribution is -2.48. The van der Waals surface area contributed by atoms with Crippen LogP contribution in [0, 0.1) is 0 Å². The Morgan fingerprint density at radius 3 is 2.50 bits per heavy atom. The molecule has 0 radical (unpaired) electrons. The van der Waals surface area contributed by atoms with Crippen molar-refractivity contribution in [3.8, 4) is 0 Å². The molecule has 88 valence electrons. The van der Waals surface area contributed by atoms with Crippen molar-refractivity contribution in [2.75, 3.05) is 32.7 Å². The lowest BCUT2D eigenvalue weighted by molar-refractivity contribution is 0.0643. The molecule has 1 aromatic heterocycles. The number of hydrogen-bond donors (Lipinski definition) is 0. The molecule has 1 fully saturated rings. The highest BCUT2D eigenvalue weighted by molar-refractivity contribution is 5.94. The van der Waals surface area contributed by atoms with Crippen molar-refractivity contribution in [3.63, 3.8) is 0 Å². The van der Waals surface area contributed by atoms with Crippen LogP contribution in [0.4, 0.5) is 0 Å². The van der Waals surface area contributed by atoms with E-state index in [1.807, 2.05) is 35.0 Å². The molecule has 0 aromatic carbocycles. The summed E-state index contributed by atoms with van der Waals surface area (Å²) in [6.45, 7) is 6.93. The number of aromatic nitrogens is 1. The Balaban J connectivity index is 1.96. The highest BCUT2D eigenvalue weighted by Gasteiger charge is 2.21. The van der Waals surface area contributed by atoms with Crippen molar-refractivity contribution in [2.24, 2.45) is 7.05 Å². The van der Waals surface area contributed by atoms with Gasteiger partial charge in [-0.25, -0.2) is 0 Å². The molecule has 4 heteroatoms. The molecule has 0 saturated carbocycles. The summed E-state index contributed by atoms with van der Waals surface area (Å²) in [6.07, 6.45) is 3.80. The molecule has 4 nitrogen and oxygen atoms in total. The van der Waals surface area contributed by atoms with Crippen molar-refractivity contribution < 1.29 is 4.79 Å². The second-order valence-corrected chi connectivity index (χ2v) is 4.29. The Bertz CT molecular complexity index is 364. The number of amides is 1. The third-order valence-electron chi connectivity index (χ3n) is 3.19. The van der Waals surface area contributed by atoms with Gasteiger partial charge in [-0.2, -0.15) is 0 Å². The summed E-state index contributed by atoms with van der Waals surface area (Å²) < 4.78 is 1.91. The smallest absolute Gasteiger partial charge is 0.255 e. The van der Waals surface area contributed by atoms with Gasteiger partial charge < -0.3 is 14.4 Å². The maximum Gasteiger partial charge on any atom is 0.255 e. The van der Waals surface area contributed by atoms with Gasteiger partial charge in [-0.3, -0.25) is 4.79 Å². The molecule has 0 spiro atoms. The Morgan fingerprint density at radius 2 is 2.00 bits per heavy atom. The molecular weight excluding hydrogens is 202 g/mol. The topological polar surface area (TPSA) is 28.5 Å². The average molecular weight is 221 g/mol. The monoisotopic (exact) mass is 221 g/mol. The molecule has 1 aliphatic heterocycles. The summed E-state index contributed by atoms with van der Waals surface area (Å²) >= 11 is 0. The normalized spacial score (nSPS) is 17.8. The van der Waals surface area contributed by atoms with E-state index in [1.54, 1.807) is 0 Å². The SMILES string of the molecule is CCN1CCN(C(=O)c2ccn(C)c2)CC1. The molecule has 16 heavy (non-hydrogen) atoms. The highest BCUT2D eigenvalue weighted by Crippen LogP contribution is 2.08. The third kappa shape index (κ3) is 2.27. The number of rotatable bonds is 2. The van der Waals surface area contributed by atoms with E-state index in [2.05, 4.69) is 11.8 Å². The van der Waals surface area contributed by atoms with Crippen molar-refractivity contribution in [1.29, 1.82) is 0 Å². The second-order valence-electron chi connectivity index (χ2n) is 4.29. The van der Waals surface area contributed by atoms with Crippen LogP contribution in [0.2, 0.25) is 0 Å². The van der Waals surface area contributed by atoms with Crippen LogP contribution in [0.1, 0.15) is 17.3 Å². The standard InChI is InChI=1S/C12H19N3O/c1-3-14-6-8-15(9-7-14)12(16)11-4-5-13(2)10-11/h4-5,10H,3,6-9H2,1-2H3. The first kappa shape index (κ1) is 11.2. The largest absolute Gasteiger partial charge is 0.356 e. The molecule has 0 bridgehead atoms. The fraction of sp³-hybridized carbons (Fsp3) is 0.583. The fourth-order valence-corrected chi connectivity index (χ4v) is 2.08. The maximum absolute atomic E-state index is 12.1. The Morgan fingerprint density at radius 1 is 1.31 bits per heavy atom. The molecule has 0 atom stereocenters. The molecule has 1 aliphatic rings.